The molecule has 4 aromatic rings. The van der Waals surface area contributed by atoms with Gasteiger partial charge in [0.25, 0.3) is 0 Å². The van der Waals surface area contributed by atoms with Gasteiger partial charge in [0.1, 0.15) is 47.6 Å². The zero-order valence-electron chi connectivity index (χ0n) is 27.2. The number of nitriles is 1. The number of nitrogen functional groups attached to an aromatic ring is 1. The monoisotopic (exact) mass is 726 g/mol. The maximum Gasteiger partial charge on any atom is 0.319 e. The minimum Gasteiger partial charge on any atom is -0.489 e. The summed E-state index contributed by atoms with van der Waals surface area (Å²) < 4.78 is 59.3. The second kappa shape index (κ2) is 12.6. The van der Waals surface area contributed by atoms with Crippen molar-refractivity contribution in [3.8, 4) is 29.0 Å². The van der Waals surface area contributed by atoms with E-state index in [4.69, 9.17) is 31.8 Å². The van der Waals surface area contributed by atoms with Gasteiger partial charge in [0.05, 0.1) is 38.8 Å². The summed E-state index contributed by atoms with van der Waals surface area (Å²) in [6.45, 7) is 3.38. The van der Waals surface area contributed by atoms with Crippen molar-refractivity contribution in [1.82, 2.24) is 25.1 Å². The molecule has 3 saturated heterocycles. The van der Waals surface area contributed by atoms with Crippen LogP contribution in [0.15, 0.2) is 12.1 Å². The van der Waals surface area contributed by atoms with E-state index in [1.54, 1.807) is 11.9 Å². The number of hydrogen-bond donors (Lipinski definition) is 2. The molecule has 2 aromatic heterocycles. The molecule has 0 unspecified atom stereocenters. The van der Waals surface area contributed by atoms with E-state index in [2.05, 4.69) is 15.2 Å². The summed E-state index contributed by atoms with van der Waals surface area (Å²) in [4.78, 5) is 27.6. The second-order valence-corrected chi connectivity index (χ2v) is 14.8. The molecule has 3 fully saturated rings. The lowest BCUT2D eigenvalue weighted by atomic mass is 9.95. The quantitative estimate of drug-likeness (QED) is 0.230. The van der Waals surface area contributed by atoms with Crippen molar-refractivity contribution in [3.05, 3.63) is 34.4 Å². The standard InChI is InChI=1S/C34H34ClF3N8O3S/c1-44(32(47)21-14-41-21)7-3-8-45-10-11-48-28-24-27(42-33(43-31(24)45)49-16-34-6-2-9-46(34)15-17(36)12-34)26(38)23(25(28)35)18-4-5-20(37)29-22(18)19(13-39)30(40)50-29/h4-5,17,21,41H,2-3,6-12,14-16,40H2,1H3/t17-,21-,34+/m1/s1. The Morgan fingerprint density at radius 3 is 2.92 bits per heavy atom. The number of ether oxygens (including phenoxy) is 2. The first-order valence-electron chi connectivity index (χ1n) is 16.6. The van der Waals surface area contributed by atoms with Crippen LogP contribution in [0.1, 0.15) is 31.2 Å². The van der Waals surface area contributed by atoms with E-state index in [1.165, 1.54) is 12.1 Å². The number of carbonyl (C=O) groups excluding carboxylic acids is 1. The smallest absolute Gasteiger partial charge is 0.319 e. The third kappa shape index (κ3) is 5.44. The molecule has 11 nitrogen and oxygen atoms in total. The summed E-state index contributed by atoms with van der Waals surface area (Å²) in [5.74, 6) is -0.916. The van der Waals surface area contributed by atoms with Gasteiger partial charge in [0.2, 0.25) is 5.91 Å². The van der Waals surface area contributed by atoms with Crippen LogP contribution in [0.4, 0.5) is 24.0 Å². The SMILES string of the molecule is CN(CCCN1CCOc2c(Cl)c(-c3ccc(F)c4sc(N)c(C#N)c34)c(F)c3nc(OC[C@@]45CCCN4C[C@H](F)C5)nc1c23)C(=O)[C@H]1CN1. The molecule has 6 heterocycles. The van der Waals surface area contributed by atoms with Crippen molar-refractivity contribution < 1.29 is 27.4 Å². The Hall–Kier alpha value is -4.10. The highest BCUT2D eigenvalue weighted by Crippen LogP contribution is 2.51. The zero-order valence-corrected chi connectivity index (χ0v) is 28.8. The van der Waals surface area contributed by atoms with Crippen LogP contribution in [0.5, 0.6) is 11.8 Å². The number of halogens is 4. The number of anilines is 2. The molecular weight excluding hydrogens is 693 g/mol. The van der Waals surface area contributed by atoms with E-state index in [0.29, 0.717) is 51.4 Å². The average Bonchev–Trinajstić information content (AvgIpc) is 3.74. The zero-order chi connectivity index (χ0) is 34.9. The van der Waals surface area contributed by atoms with Gasteiger partial charge in [-0.2, -0.15) is 15.2 Å². The van der Waals surface area contributed by atoms with Crippen molar-refractivity contribution in [3.63, 3.8) is 0 Å². The van der Waals surface area contributed by atoms with Crippen LogP contribution in [0.3, 0.4) is 0 Å². The number of nitrogens with one attached hydrogen (secondary N) is 1. The number of hydrogen-bond acceptors (Lipinski definition) is 11. The number of aromatic nitrogens is 2. The Labute approximate surface area is 294 Å². The van der Waals surface area contributed by atoms with Crippen molar-refractivity contribution in [2.24, 2.45) is 0 Å². The first kappa shape index (κ1) is 33.1. The van der Waals surface area contributed by atoms with Gasteiger partial charge in [0.15, 0.2) is 11.6 Å². The fourth-order valence-corrected chi connectivity index (χ4v) is 9.03. The first-order chi connectivity index (χ1) is 24.1. The molecule has 4 aliphatic rings. The number of nitrogens with zero attached hydrogens (tertiary/aromatic N) is 6. The predicted octanol–water partition coefficient (Wildman–Crippen LogP) is 4.87. The highest BCUT2D eigenvalue weighted by molar-refractivity contribution is 7.23. The molecular formula is C34H34ClF3N8O3S. The normalized spacial score (nSPS) is 22.8. The largest absolute Gasteiger partial charge is 0.489 e. The van der Waals surface area contributed by atoms with E-state index in [-0.39, 0.29) is 84.6 Å². The summed E-state index contributed by atoms with van der Waals surface area (Å²) in [6.07, 6.45) is 1.64. The maximum absolute atomic E-state index is 17.2. The van der Waals surface area contributed by atoms with E-state index >= 15 is 4.39 Å². The summed E-state index contributed by atoms with van der Waals surface area (Å²) in [7, 11) is 1.76. The molecule has 0 saturated carbocycles. The molecule has 0 aliphatic carbocycles. The molecule has 3 atom stereocenters. The third-order valence-electron chi connectivity index (χ3n) is 10.3. The number of rotatable bonds is 9. The molecule has 8 rings (SSSR count). The average molecular weight is 727 g/mol. The number of alkyl halides is 1. The van der Waals surface area contributed by atoms with Crippen molar-refractivity contribution in [1.29, 1.82) is 5.26 Å². The van der Waals surface area contributed by atoms with Crippen LogP contribution in [-0.4, -0.2) is 103 Å². The van der Waals surface area contributed by atoms with Crippen LogP contribution < -0.4 is 25.4 Å². The van der Waals surface area contributed by atoms with Crippen LogP contribution in [0, 0.1) is 23.0 Å². The number of amides is 1. The number of fused-ring (bicyclic) bond motifs is 2. The number of thiophene rings is 1. The van der Waals surface area contributed by atoms with E-state index in [0.717, 1.165) is 30.7 Å². The lowest BCUT2D eigenvalue weighted by molar-refractivity contribution is -0.129. The molecule has 16 heteroatoms. The van der Waals surface area contributed by atoms with Crippen LogP contribution >= 0.6 is 22.9 Å². The Morgan fingerprint density at radius 2 is 2.14 bits per heavy atom. The Bertz CT molecular complexity index is 2090. The minimum absolute atomic E-state index is 0.0180. The number of benzene rings is 2. The summed E-state index contributed by atoms with van der Waals surface area (Å²) in [5, 5.41) is 13.4. The molecule has 262 valence electrons. The van der Waals surface area contributed by atoms with Gasteiger partial charge in [-0.3, -0.25) is 9.69 Å². The highest BCUT2D eigenvalue weighted by Gasteiger charge is 2.49. The second-order valence-electron chi connectivity index (χ2n) is 13.4. The predicted molar refractivity (Wildman–Crippen MR) is 185 cm³/mol. The lowest BCUT2D eigenvalue weighted by Gasteiger charge is -2.31. The number of likely N-dealkylation sites (N-methyl/N-ethyl adjacent to an activating group) is 1. The van der Waals surface area contributed by atoms with Gasteiger partial charge in [-0.15, -0.1) is 11.3 Å². The Kier molecular flexibility index (Phi) is 8.33. The van der Waals surface area contributed by atoms with Gasteiger partial charge >= 0.3 is 6.01 Å². The number of nitrogens with two attached hydrogens (primary N) is 1. The minimum atomic E-state index is -0.962. The van der Waals surface area contributed by atoms with Crippen molar-refractivity contribution in [2.75, 3.05) is 70.2 Å². The summed E-state index contributed by atoms with van der Waals surface area (Å²) in [5.41, 5.74) is 5.53. The molecule has 2 aromatic carbocycles. The fraction of sp³-hybridized carbons (Fsp3) is 0.471. The van der Waals surface area contributed by atoms with Crippen LogP contribution in [0.2, 0.25) is 5.02 Å². The van der Waals surface area contributed by atoms with Gasteiger partial charge in [0, 0.05) is 50.6 Å². The Morgan fingerprint density at radius 1 is 1.32 bits per heavy atom. The first-order valence-corrected chi connectivity index (χ1v) is 17.8. The van der Waals surface area contributed by atoms with Crippen LogP contribution in [-0.2, 0) is 4.79 Å². The van der Waals surface area contributed by atoms with Crippen molar-refractivity contribution in [2.45, 2.75) is 43.4 Å². The Balaban J connectivity index is 1.25. The van der Waals surface area contributed by atoms with Gasteiger partial charge < -0.3 is 30.3 Å². The maximum atomic E-state index is 17.2. The molecule has 50 heavy (non-hydrogen) atoms. The summed E-state index contributed by atoms with van der Waals surface area (Å²) >= 11 is 7.91. The van der Waals surface area contributed by atoms with E-state index < -0.39 is 23.3 Å². The molecule has 0 spiro atoms. The summed E-state index contributed by atoms with van der Waals surface area (Å²) in [6, 6.07) is 4.35. The van der Waals surface area contributed by atoms with Crippen LogP contribution in [0.25, 0.3) is 32.1 Å². The third-order valence-corrected chi connectivity index (χ3v) is 11.7. The van der Waals surface area contributed by atoms with E-state index in [1.807, 2.05) is 11.0 Å². The number of carbonyl (C=O) groups is 1. The van der Waals surface area contributed by atoms with E-state index in [9.17, 15) is 18.8 Å². The molecule has 0 bridgehead atoms. The topological polar surface area (TPSA) is 143 Å². The molecule has 3 N–H and O–H groups in total. The molecule has 4 aliphatic heterocycles. The van der Waals surface area contributed by atoms with Crippen molar-refractivity contribution >= 4 is 60.7 Å². The molecule has 0 radical (unpaired) electrons. The fourth-order valence-electron chi connectivity index (χ4n) is 7.75. The van der Waals surface area contributed by atoms with Gasteiger partial charge in [-0.25, -0.2) is 13.2 Å². The van der Waals surface area contributed by atoms with Gasteiger partial charge in [-0.1, -0.05) is 17.7 Å². The lowest BCUT2D eigenvalue weighted by Crippen LogP contribution is -2.43. The van der Waals surface area contributed by atoms with Gasteiger partial charge in [-0.05, 0) is 37.4 Å². The molecule has 1 amide bonds. The highest BCUT2D eigenvalue weighted by atomic mass is 35.5.